The second-order valence-corrected chi connectivity index (χ2v) is 9.27. The summed E-state index contributed by atoms with van der Waals surface area (Å²) in [6.07, 6.45) is 1.95. The first kappa shape index (κ1) is 25.0. The third-order valence-electron chi connectivity index (χ3n) is 6.97. The number of aromatic carboxylic acids is 1. The van der Waals surface area contributed by atoms with Crippen molar-refractivity contribution in [1.82, 2.24) is 0 Å². The van der Waals surface area contributed by atoms with Crippen molar-refractivity contribution in [3.8, 4) is 16.9 Å². The summed E-state index contributed by atoms with van der Waals surface area (Å²) in [5.41, 5.74) is 4.19. The fourth-order valence-corrected chi connectivity index (χ4v) is 5.07. The lowest BCUT2D eigenvalue weighted by Gasteiger charge is -2.29. The number of methoxy groups -OCH3 is 1. The first-order valence-corrected chi connectivity index (χ1v) is 12.4. The predicted octanol–water partition coefficient (Wildman–Crippen LogP) is 6.14. The molecular weight excluding hydrogens is 468 g/mol. The van der Waals surface area contributed by atoms with Crippen LogP contribution in [0.3, 0.4) is 0 Å². The van der Waals surface area contributed by atoms with E-state index in [2.05, 4.69) is 12.1 Å². The molecular formula is C31H30O6. The number of aliphatic hydroxyl groups excluding tert-OH is 1. The fraction of sp³-hybridized carbons (Fsp3) is 0.258. The molecule has 37 heavy (non-hydrogen) atoms. The number of rotatable bonds is 8. The molecule has 4 aromatic carbocycles. The normalized spacial score (nSPS) is 17.6. The first-order valence-electron chi connectivity index (χ1n) is 12.4. The average Bonchev–Trinajstić information content (AvgIpc) is 2.95. The van der Waals surface area contributed by atoms with E-state index in [1.54, 1.807) is 13.2 Å². The lowest BCUT2D eigenvalue weighted by Crippen LogP contribution is -2.25. The predicted molar refractivity (Wildman–Crippen MR) is 142 cm³/mol. The second kappa shape index (κ2) is 11.1. The minimum Gasteiger partial charge on any atom is -0.489 e. The van der Waals surface area contributed by atoms with Gasteiger partial charge < -0.3 is 24.4 Å². The van der Waals surface area contributed by atoms with Crippen molar-refractivity contribution >= 4 is 16.7 Å². The summed E-state index contributed by atoms with van der Waals surface area (Å²) in [7, 11) is 1.74. The van der Waals surface area contributed by atoms with Gasteiger partial charge in [-0.3, -0.25) is 0 Å². The van der Waals surface area contributed by atoms with E-state index < -0.39 is 5.97 Å². The van der Waals surface area contributed by atoms with Gasteiger partial charge in [-0.1, -0.05) is 54.6 Å². The van der Waals surface area contributed by atoms with Crippen LogP contribution in [-0.4, -0.2) is 36.0 Å². The van der Waals surface area contributed by atoms with Crippen LogP contribution in [0.15, 0.2) is 78.9 Å². The summed E-state index contributed by atoms with van der Waals surface area (Å²) in [6.45, 7) is 0.681. The van der Waals surface area contributed by atoms with Gasteiger partial charge in [0, 0.05) is 25.7 Å². The molecule has 0 aliphatic carbocycles. The molecule has 0 bridgehead atoms. The molecule has 0 aromatic heterocycles. The largest absolute Gasteiger partial charge is 0.489 e. The van der Waals surface area contributed by atoms with Crippen molar-refractivity contribution in [2.75, 3.05) is 13.7 Å². The van der Waals surface area contributed by atoms with Crippen LogP contribution in [0.1, 0.15) is 46.0 Å². The van der Waals surface area contributed by atoms with Gasteiger partial charge >= 0.3 is 5.97 Å². The number of carbonyl (C=O) groups is 1. The number of hydrogen-bond donors (Lipinski definition) is 2. The van der Waals surface area contributed by atoms with Crippen molar-refractivity contribution < 1.29 is 29.2 Å². The molecule has 4 aromatic rings. The van der Waals surface area contributed by atoms with Crippen LogP contribution in [0.25, 0.3) is 21.9 Å². The maximum absolute atomic E-state index is 12.0. The molecule has 0 amide bonds. The van der Waals surface area contributed by atoms with Crippen LogP contribution in [0.5, 0.6) is 5.75 Å². The molecule has 1 heterocycles. The van der Waals surface area contributed by atoms with Gasteiger partial charge in [0.1, 0.15) is 12.4 Å². The van der Waals surface area contributed by atoms with Gasteiger partial charge in [0.15, 0.2) is 0 Å². The smallest absolute Gasteiger partial charge is 0.336 e. The van der Waals surface area contributed by atoms with E-state index in [4.69, 9.17) is 14.2 Å². The van der Waals surface area contributed by atoms with Crippen LogP contribution in [-0.2, 0) is 22.7 Å². The molecule has 0 spiro atoms. The highest BCUT2D eigenvalue weighted by Crippen LogP contribution is 2.37. The minimum absolute atomic E-state index is 0.00545. The molecule has 0 radical (unpaired) electrons. The lowest BCUT2D eigenvalue weighted by atomic mass is 9.90. The topological polar surface area (TPSA) is 85.2 Å². The standard InChI is InChI=1S/C31H30O6/c1-35-24-12-13-36-29(17-24)22-9-5-6-20(14-22)19-37-25-10-11-26-23(15-25)16-27(31(33)34)28(18-32)30(26)21-7-3-2-4-8-21/h2-11,14-16,24,29,32H,12-13,17-19H2,1H3,(H,33,34). The van der Waals surface area contributed by atoms with Gasteiger partial charge in [-0.2, -0.15) is 0 Å². The Kier molecular flexibility index (Phi) is 7.51. The maximum atomic E-state index is 12.0. The van der Waals surface area contributed by atoms with E-state index in [-0.39, 0.29) is 24.4 Å². The summed E-state index contributed by atoms with van der Waals surface area (Å²) in [5, 5.41) is 21.5. The van der Waals surface area contributed by atoms with Crippen LogP contribution in [0, 0.1) is 0 Å². The third kappa shape index (κ3) is 5.37. The highest BCUT2D eigenvalue weighted by Gasteiger charge is 2.24. The minimum atomic E-state index is -1.08. The van der Waals surface area contributed by atoms with Crippen molar-refractivity contribution in [2.24, 2.45) is 0 Å². The maximum Gasteiger partial charge on any atom is 0.336 e. The molecule has 2 unspecified atom stereocenters. The molecule has 1 aliphatic rings. The molecule has 0 saturated carbocycles. The van der Waals surface area contributed by atoms with Crippen LogP contribution < -0.4 is 4.74 Å². The quantitative estimate of drug-likeness (QED) is 0.303. The molecule has 1 fully saturated rings. The summed E-state index contributed by atoms with van der Waals surface area (Å²) < 4.78 is 17.6. The first-order chi connectivity index (χ1) is 18.1. The monoisotopic (exact) mass is 498 g/mol. The molecule has 6 heteroatoms. The lowest BCUT2D eigenvalue weighted by molar-refractivity contribution is -0.0599. The summed E-state index contributed by atoms with van der Waals surface area (Å²) in [4.78, 5) is 12.0. The van der Waals surface area contributed by atoms with Crippen LogP contribution in [0.4, 0.5) is 0 Å². The number of carboxylic acids is 1. The average molecular weight is 499 g/mol. The molecule has 2 atom stereocenters. The number of hydrogen-bond acceptors (Lipinski definition) is 5. The Hall–Kier alpha value is -3.71. The zero-order valence-corrected chi connectivity index (χ0v) is 20.7. The van der Waals surface area contributed by atoms with Crippen molar-refractivity contribution in [3.05, 3.63) is 101 Å². The van der Waals surface area contributed by atoms with E-state index in [9.17, 15) is 15.0 Å². The molecule has 1 saturated heterocycles. The van der Waals surface area contributed by atoms with Crippen molar-refractivity contribution in [2.45, 2.75) is 38.3 Å². The van der Waals surface area contributed by atoms with E-state index in [0.717, 1.165) is 45.9 Å². The van der Waals surface area contributed by atoms with Crippen LogP contribution in [0.2, 0.25) is 0 Å². The molecule has 1 aliphatic heterocycles. The van der Waals surface area contributed by atoms with Crippen molar-refractivity contribution in [3.63, 3.8) is 0 Å². The number of aliphatic hydroxyl groups is 1. The molecule has 5 rings (SSSR count). The zero-order valence-electron chi connectivity index (χ0n) is 20.7. The number of fused-ring (bicyclic) bond motifs is 1. The van der Waals surface area contributed by atoms with Gasteiger partial charge in [0.2, 0.25) is 0 Å². The van der Waals surface area contributed by atoms with Crippen molar-refractivity contribution in [1.29, 1.82) is 0 Å². The molecule has 6 nitrogen and oxygen atoms in total. The van der Waals surface area contributed by atoms with E-state index >= 15 is 0 Å². The Bertz CT molecular complexity index is 1400. The number of carboxylic acid groups (broad SMARTS) is 1. The Balaban J connectivity index is 1.43. The second-order valence-electron chi connectivity index (χ2n) is 9.27. The van der Waals surface area contributed by atoms with Gasteiger partial charge in [-0.15, -0.1) is 0 Å². The van der Waals surface area contributed by atoms with Crippen LogP contribution >= 0.6 is 0 Å². The Morgan fingerprint density at radius 3 is 2.62 bits per heavy atom. The van der Waals surface area contributed by atoms with Gasteiger partial charge in [0.25, 0.3) is 0 Å². The van der Waals surface area contributed by atoms with E-state index in [1.807, 2.05) is 60.7 Å². The number of ether oxygens (including phenoxy) is 3. The summed E-state index contributed by atoms with van der Waals surface area (Å²) >= 11 is 0. The fourth-order valence-electron chi connectivity index (χ4n) is 5.07. The Morgan fingerprint density at radius 1 is 1.03 bits per heavy atom. The van der Waals surface area contributed by atoms with Gasteiger partial charge in [0.05, 0.1) is 24.4 Å². The zero-order chi connectivity index (χ0) is 25.8. The number of benzene rings is 4. The van der Waals surface area contributed by atoms with Gasteiger partial charge in [-0.05, 0) is 63.7 Å². The summed E-state index contributed by atoms with van der Waals surface area (Å²) in [5.74, 6) is -0.440. The molecule has 190 valence electrons. The highest BCUT2D eigenvalue weighted by atomic mass is 16.5. The highest BCUT2D eigenvalue weighted by molar-refractivity contribution is 6.05. The SMILES string of the molecule is COC1CCOC(c2cccc(COc3ccc4c(-c5ccccc5)c(CO)c(C(=O)O)cc4c3)c2)C1. The third-order valence-corrected chi connectivity index (χ3v) is 6.97. The Labute approximate surface area is 216 Å². The Morgan fingerprint density at radius 2 is 1.86 bits per heavy atom. The summed E-state index contributed by atoms with van der Waals surface area (Å²) in [6, 6.07) is 25.0. The van der Waals surface area contributed by atoms with E-state index in [0.29, 0.717) is 24.5 Å². The van der Waals surface area contributed by atoms with Gasteiger partial charge in [-0.25, -0.2) is 4.79 Å². The molecule has 2 N–H and O–H groups in total. The van der Waals surface area contributed by atoms with E-state index in [1.165, 1.54) is 0 Å².